The average molecular weight is 278 g/mol. The first-order valence-electron chi connectivity index (χ1n) is 5.85. The van der Waals surface area contributed by atoms with E-state index in [-0.39, 0.29) is 18.1 Å². The van der Waals surface area contributed by atoms with Crippen LogP contribution in [-0.2, 0) is 0 Å². The number of anilines is 1. The third-order valence-corrected chi connectivity index (χ3v) is 3.12. The Morgan fingerprint density at radius 1 is 1.26 bits per heavy atom. The van der Waals surface area contributed by atoms with E-state index >= 15 is 0 Å². The second-order valence-electron chi connectivity index (χ2n) is 4.22. The van der Waals surface area contributed by atoms with Crippen LogP contribution in [0.2, 0.25) is 5.02 Å². The minimum atomic E-state index is -0.310. The molecule has 0 aliphatic carbocycles. The Bertz CT molecular complexity index is 613. The van der Waals surface area contributed by atoms with Crippen LogP contribution in [0.3, 0.4) is 0 Å². The number of hydrogen-bond acceptors (Lipinski definition) is 2. The molecule has 0 saturated carbocycles. The zero-order valence-electron chi connectivity index (χ0n) is 10.4. The van der Waals surface area contributed by atoms with Crippen molar-refractivity contribution in [1.82, 2.24) is 0 Å². The molecule has 98 valence electrons. The maximum absolute atomic E-state index is 13.1. The van der Waals surface area contributed by atoms with Gasteiger partial charge in [0.25, 0.3) is 0 Å². The second kappa shape index (κ2) is 5.85. The van der Waals surface area contributed by atoms with E-state index in [4.69, 9.17) is 11.6 Å². The standard InChI is InChI=1S/C15H13ClFNO/c1-10-8-11(6-7-13(10)17)15(19)9-18-14-5-3-2-4-12(14)16/h2-8,18H,9H2,1H3. The van der Waals surface area contributed by atoms with Crippen LogP contribution in [0.15, 0.2) is 42.5 Å². The molecule has 2 aromatic rings. The Kier molecular flexibility index (Phi) is 4.17. The summed E-state index contributed by atoms with van der Waals surface area (Å²) in [7, 11) is 0. The van der Waals surface area contributed by atoms with E-state index in [1.807, 2.05) is 12.1 Å². The SMILES string of the molecule is Cc1cc(C(=O)CNc2ccccc2Cl)ccc1F. The van der Waals surface area contributed by atoms with E-state index in [1.165, 1.54) is 12.1 Å². The van der Waals surface area contributed by atoms with E-state index in [9.17, 15) is 9.18 Å². The van der Waals surface area contributed by atoms with Gasteiger partial charge in [0, 0.05) is 5.56 Å². The summed E-state index contributed by atoms with van der Waals surface area (Å²) in [5.74, 6) is -0.418. The number of rotatable bonds is 4. The summed E-state index contributed by atoms with van der Waals surface area (Å²) in [6.07, 6.45) is 0. The van der Waals surface area contributed by atoms with Crippen LogP contribution in [0, 0.1) is 12.7 Å². The molecule has 0 radical (unpaired) electrons. The third-order valence-electron chi connectivity index (χ3n) is 2.79. The summed E-state index contributed by atoms with van der Waals surface area (Å²) >= 11 is 5.98. The van der Waals surface area contributed by atoms with Crippen molar-refractivity contribution in [3.63, 3.8) is 0 Å². The highest BCUT2D eigenvalue weighted by atomic mass is 35.5. The Hall–Kier alpha value is -1.87. The highest BCUT2D eigenvalue weighted by molar-refractivity contribution is 6.33. The van der Waals surface area contributed by atoms with Gasteiger partial charge in [0.2, 0.25) is 0 Å². The fraction of sp³-hybridized carbons (Fsp3) is 0.133. The number of benzene rings is 2. The maximum atomic E-state index is 13.1. The van der Waals surface area contributed by atoms with E-state index in [1.54, 1.807) is 25.1 Å². The number of ketones is 1. The average Bonchev–Trinajstić information content (AvgIpc) is 2.40. The second-order valence-corrected chi connectivity index (χ2v) is 4.63. The molecule has 0 aromatic heterocycles. The third kappa shape index (κ3) is 3.32. The van der Waals surface area contributed by atoms with Crippen molar-refractivity contribution >= 4 is 23.1 Å². The van der Waals surface area contributed by atoms with Gasteiger partial charge >= 0.3 is 0 Å². The van der Waals surface area contributed by atoms with Crippen LogP contribution < -0.4 is 5.32 Å². The lowest BCUT2D eigenvalue weighted by Gasteiger charge is -2.08. The van der Waals surface area contributed by atoms with E-state index < -0.39 is 0 Å². The van der Waals surface area contributed by atoms with Gasteiger partial charge in [0.15, 0.2) is 5.78 Å². The van der Waals surface area contributed by atoms with Crippen molar-refractivity contribution < 1.29 is 9.18 Å². The number of aryl methyl sites for hydroxylation is 1. The summed E-state index contributed by atoms with van der Waals surface area (Å²) in [6, 6.07) is 11.5. The van der Waals surface area contributed by atoms with Crippen molar-refractivity contribution in [2.24, 2.45) is 0 Å². The molecule has 2 nitrogen and oxygen atoms in total. The quantitative estimate of drug-likeness (QED) is 0.853. The minimum absolute atomic E-state index is 0.108. The molecule has 0 saturated heterocycles. The molecule has 4 heteroatoms. The zero-order valence-corrected chi connectivity index (χ0v) is 11.2. The predicted molar refractivity (Wildman–Crippen MR) is 75.4 cm³/mol. The number of Topliss-reactive ketones (excluding diaryl/α,β-unsaturated/α-hetero) is 1. The van der Waals surface area contributed by atoms with Crippen LogP contribution in [0.4, 0.5) is 10.1 Å². The van der Waals surface area contributed by atoms with Crippen molar-refractivity contribution in [3.8, 4) is 0 Å². The lowest BCUT2D eigenvalue weighted by atomic mass is 10.1. The summed E-state index contributed by atoms with van der Waals surface area (Å²) in [5.41, 5.74) is 1.65. The number of carbonyl (C=O) groups is 1. The molecule has 0 aliphatic heterocycles. The Morgan fingerprint density at radius 2 is 2.00 bits per heavy atom. The molecular weight excluding hydrogens is 265 g/mol. The molecule has 0 aliphatic rings. The fourth-order valence-corrected chi connectivity index (χ4v) is 1.90. The first kappa shape index (κ1) is 13.6. The molecule has 2 aromatic carbocycles. The van der Waals surface area contributed by atoms with Crippen molar-refractivity contribution in [1.29, 1.82) is 0 Å². The number of para-hydroxylation sites is 1. The normalized spacial score (nSPS) is 10.3. The number of nitrogens with one attached hydrogen (secondary N) is 1. The van der Waals surface area contributed by atoms with Crippen molar-refractivity contribution in [3.05, 3.63) is 64.4 Å². The van der Waals surface area contributed by atoms with Crippen LogP contribution in [-0.4, -0.2) is 12.3 Å². The van der Waals surface area contributed by atoms with Crippen molar-refractivity contribution in [2.45, 2.75) is 6.92 Å². The topological polar surface area (TPSA) is 29.1 Å². The van der Waals surface area contributed by atoms with Gasteiger partial charge in [-0.3, -0.25) is 4.79 Å². The van der Waals surface area contributed by atoms with Crippen molar-refractivity contribution in [2.75, 3.05) is 11.9 Å². The van der Waals surface area contributed by atoms with Gasteiger partial charge in [0.05, 0.1) is 17.3 Å². The zero-order chi connectivity index (χ0) is 13.8. The number of carbonyl (C=O) groups excluding carboxylic acids is 1. The molecule has 0 heterocycles. The molecule has 2 rings (SSSR count). The highest BCUT2D eigenvalue weighted by Gasteiger charge is 2.08. The fourth-order valence-electron chi connectivity index (χ4n) is 1.70. The Labute approximate surface area is 116 Å². The van der Waals surface area contributed by atoms with Crippen LogP contribution in [0.1, 0.15) is 15.9 Å². The van der Waals surface area contributed by atoms with Gasteiger partial charge in [-0.25, -0.2) is 4.39 Å². The van der Waals surface area contributed by atoms with E-state index in [0.29, 0.717) is 21.8 Å². The Morgan fingerprint density at radius 3 is 2.68 bits per heavy atom. The monoisotopic (exact) mass is 277 g/mol. The van der Waals surface area contributed by atoms with Crippen LogP contribution >= 0.6 is 11.6 Å². The molecule has 1 N–H and O–H groups in total. The van der Waals surface area contributed by atoms with Gasteiger partial charge in [-0.1, -0.05) is 23.7 Å². The molecule has 0 amide bonds. The molecular formula is C15H13ClFNO. The van der Waals surface area contributed by atoms with Gasteiger partial charge in [-0.05, 0) is 42.8 Å². The smallest absolute Gasteiger partial charge is 0.181 e. The lowest BCUT2D eigenvalue weighted by molar-refractivity contribution is 0.101. The van der Waals surface area contributed by atoms with Crippen LogP contribution in [0.25, 0.3) is 0 Å². The van der Waals surface area contributed by atoms with Gasteiger partial charge in [-0.2, -0.15) is 0 Å². The van der Waals surface area contributed by atoms with Gasteiger partial charge < -0.3 is 5.32 Å². The van der Waals surface area contributed by atoms with Gasteiger partial charge in [-0.15, -0.1) is 0 Å². The predicted octanol–water partition coefficient (Wildman–Crippen LogP) is 4.08. The molecule has 0 spiro atoms. The van der Waals surface area contributed by atoms with Crippen LogP contribution in [0.5, 0.6) is 0 Å². The molecule has 0 fully saturated rings. The first-order valence-corrected chi connectivity index (χ1v) is 6.23. The number of halogens is 2. The van der Waals surface area contributed by atoms with E-state index in [0.717, 1.165) is 0 Å². The van der Waals surface area contributed by atoms with E-state index in [2.05, 4.69) is 5.32 Å². The highest BCUT2D eigenvalue weighted by Crippen LogP contribution is 2.20. The number of hydrogen-bond donors (Lipinski definition) is 1. The summed E-state index contributed by atoms with van der Waals surface area (Å²) in [6.45, 7) is 1.75. The summed E-state index contributed by atoms with van der Waals surface area (Å²) < 4.78 is 13.1. The molecule has 0 unspecified atom stereocenters. The minimum Gasteiger partial charge on any atom is -0.376 e. The summed E-state index contributed by atoms with van der Waals surface area (Å²) in [4.78, 5) is 12.0. The molecule has 19 heavy (non-hydrogen) atoms. The van der Waals surface area contributed by atoms with Gasteiger partial charge in [0.1, 0.15) is 5.82 Å². The summed E-state index contributed by atoms with van der Waals surface area (Å²) in [5, 5.41) is 3.53. The Balaban J connectivity index is 2.05. The molecule has 0 bridgehead atoms. The molecule has 0 atom stereocenters. The largest absolute Gasteiger partial charge is 0.376 e. The lowest BCUT2D eigenvalue weighted by Crippen LogP contribution is -2.14. The maximum Gasteiger partial charge on any atom is 0.181 e. The first-order chi connectivity index (χ1) is 9.08.